The first-order valence-corrected chi connectivity index (χ1v) is 12.8. The van der Waals surface area contributed by atoms with Crippen LogP contribution in [0, 0.1) is 5.92 Å². The number of benzene rings is 1. The molecular weight excluding hydrogens is 482 g/mol. The number of carbonyl (C=O) groups is 3. The number of anilines is 2. The van der Waals surface area contributed by atoms with Crippen molar-refractivity contribution in [1.29, 1.82) is 0 Å². The summed E-state index contributed by atoms with van der Waals surface area (Å²) >= 11 is 0. The van der Waals surface area contributed by atoms with Crippen molar-refractivity contribution in [2.24, 2.45) is 13.0 Å². The monoisotopic (exact) mass is 517 g/mol. The Morgan fingerprint density at radius 2 is 1.87 bits per heavy atom. The molecule has 200 valence electrons. The quantitative estimate of drug-likeness (QED) is 0.438. The maximum absolute atomic E-state index is 13.7. The predicted molar refractivity (Wildman–Crippen MR) is 146 cm³/mol. The average molecular weight is 518 g/mol. The lowest BCUT2D eigenvalue weighted by Crippen LogP contribution is -2.70. The van der Waals surface area contributed by atoms with E-state index in [1.165, 1.54) is 4.90 Å². The summed E-state index contributed by atoms with van der Waals surface area (Å²) < 4.78 is 1.60. The van der Waals surface area contributed by atoms with Crippen LogP contribution in [0.4, 0.5) is 16.3 Å². The molecular formula is C28H35N7O3. The summed E-state index contributed by atoms with van der Waals surface area (Å²) in [5.41, 5.74) is 2.41. The first kappa shape index (κ1) is 26.8. The van der Waals surface area contributed by atoms with Gasteiger partial charge in [0.25, 0.3) is 5.91 Å². The maximum Gasteiger partial charge on any atom is 0.325 e. The molecule has 1 aliphatic rings. The van der Waals surface area contributed by atoms with Crippen LogP contribution in [-0.4, -0.2) is 64.7 Å². The van der Waals surface area contributed by atoms with Crippen molar-refractivity contribution >= 4 is 29.4 Å². The normalized spacial score (nSPS) is 17.5. The zero-order valence-corrected chi connectivity index (χ0v) is 22.5. The Balaban J connectivity index is 1.61. The molecule has 0 saturated carbocycles. The van der Waals surface area contributed by atoms with Crippen molar-refractivity contribution in [1.82, 2.24) is 25.0 Å². The van der Waals surface area contributed by atoms with Gasteiger partial charge >= 0.3 is 6.03 Å². The molecule has 1 fully saturated rings. The van der Waals surface area contributed by atoms with E-state index in [1.54, 1.807) is 37.4 Å². The van der Waals surface area contributed by atoms with Crippen LogP contribution in [0.25, 0.3) is 0 Å². The topological polar surface area (TPSA) is 104 Å². The first-order chi connectivity index (χ1) is 18.2. The number of aromatic nitrogens is 3. The first-order valence-electron chi connectivity index (χ1n) is 12.8. The average Bonchev–Trinajstić information content (AvgIpc) is 3.35. The van der Waals surface area contributed by atoms with Gasteiger partial charge in [0.1, 0.15) is 11.9 Å². The molecule has 10 heteroatoms. The summed E-state index contributed by atoms with van der Waals surface area (Å²) in [6.07, 6.45) is 6.86. The Bertz CT molecular complexity index is 1290. The van der Waals surface area contributed by atoms with E-state index >= 15 is 0 Å². The highest BCUT2D eigenvalue weighted by Crippen LogP contribution is 2.33. The highest BCUT2D eigenvalue weighted by atomic mass is 16.2. The lowest BCUT2D eigenvalue weighted by atomic mass is 9.81. The minimum atomic E-state index is -0.943. The molecule has 1 saturated heterocycles. The fraction of sp³-hybridized carbons (Fsp3) is 0.393. The molecule has 1 aliphatic heterocycles. The van der Waals surface area contributed by atoms with Crippen molar-refractivity contribution in [3.05, 3.63) is 72.2 Å². The molecule has 2 aromatic heterocycles. The molecule has 3 heterocycles. The number of likely N-dealkylation sites (tertiary alicyclic amines) is 1. The molecule has 1 N–H and O–H groups in total. The SMILES string of the molecule is CCC[C@@H](NC(=O)N1C(=O)[C@H](Cc2ccnc(N(C)C)c2)[C@H]1C(=O)N(C)c1cnn(C)c1)c1ccccc1. The van der Waals surface area contributed by atoms with Crippen molar-refractivity contribution in [2.75, 3.05) is 30.9 Å². The summed E-state index contributed by atoms with van der Waals surface area (Å²) in [6.45, 7) is 2.04. The fourth-order valence-corrected chi connectivity index (χ4v) is 4.76. The van der Waals surface area contributed by atoms with Crippen molar-refractivity contribution in [3.8, 4) is 0 Å². The third-order valence-corrected chi connectivity index (χ3v) is 6.90. The van der Waals surface area contributed by atoms with Crippen molar-refractivity contribution in [2.45, 2.75) is 38.3 Å². The van der Waals surface area contributed by atoms with Crippen molar-refractivity contribution in [3.63, 3.8) is 0 Å². The lowest BCUT2D eigenvalue weighted by molar-refractivity contribution is -0.156. The van der Waals surface area contributed by atoms with Gasteiger partial charge in [-0.15, -0.1) is 0 Å². The smallest absolute Gasteiger partial charge is 0.325 e. The van der Waals surface area contributed by atoms with E-state index in [2.05, 4.69) is 15.4 Å². The summed E-state index contributed by atoms with van der Waals surface area (Å²) in [5, 5.41) is 7.16. The van der Waals surface area contributed by atoms with Gasteiger partial charge in [-0.3, -0.25) is 19.2 Å². The number of urea groups is 1. The number of nitrogens with zero attached hydrogens (tertiary/aromatic N) is 6. The van der Waals surface area contributed by atoms with Crippen LogP contribution in [0.3, 0.4) is 0 Å². The van der Waals surface area contributed by atoms with Crippen LogP contribution < -0.4 is 15.1 Å². The zero-order chi connectivity index (χ0) is 27.4. The number of hydrogen-bond acceptors (Lipinski definition) is 6. The van der Waals surface area contributed by atoms with Crippen LogP contribution in [-0.2, 0) is 23.1 Å². The van der Waals surface area contributed by atoms with E-state index in [9.17, 15) is 14.4 Å². The van der Waals surface area contributed by atoms with Gasteiger partial charge in [0, 0.05) is 40.6 Å². The molecule has 0 unspecified atom stereocenters. The van der Waals surface area contributed by atoms with Gasteiger partial charge in [-0.25, -0.2) is 9.78 Å². The van der Waals surface area contributed by atoms with E-state index in [-0.39, 0.29) is 17.9 Å². The molecule has 4 amide bonds. The van der Waals surface area contributed by atoms with Gasteiger partial charge in [0.05, 0.1) is 23.8 Å². The largest absolute Gasteiger partial charge is 0.363 e. The molecule has 0 bridgehead atoms. The Kier molecular flexibility index (Phi) is 8.09. The molecule has 38 heavy (non-hydrogen) atoms. The van der Waals surface area contributed by atoms with Gasteiger partial charge in [0.2, 0.25) is 5.91 Å². The Hall–Kier alpha value is -4.21. The lowest BCUT2D eigenvalue weighted by Gasteiger charge is -2.46. The predicted octanol–water partition coefficient (Wildman–Crippen LogP) is 3.16. The summed E-state index contributed by atoms with van der Waals surface area (Å²) in [4.78, 5) is 49.4. The van der Waals surface area contributed by atoms with Crippen LogP contribution in [0.5, 0.6) is 0 Å². The van der Waals surface area contributed by atoms with Gasteiger partial charge in [-0.2, -0.15) is 5.10 Å². The van der Waals surface area contributed by atoms with E-state index in [0.29, 0.717) is 18.5 Å². The highest BCUT2D eigenvalue weighted by molar-refractivity contribution is 6.12. The third-order valence-electron chi connectivity index (χ3n) is 6.90. The molecule has 4 rings (SSSR count). The number of rotatable bonds is 9. The number of carbonyl (C=O) groups excluding carboxylic acids is 3. The Morgan fingerprint density at radius 1 is 1.13 bits per heavy atom. The summed E-state index contributed by atoms with van der Waals surface area (Å²) in [6, 6.07) is 11.6. The third kappa shape index (κ3) is 5.53. The second kappa shape index (κ2) is 11.5. The number of hydrogen-bond donors (Lipinski definition) is 1. The van der Waals surface area contributed by atoms with Crippen LogP contribution in [0.2, 0.25) is 0 Å². The van der Waals surface area contributed by atoms with Gasteiger partial charge in [-0.05, 0) is 36.1 Å². The van der Waals surface area contributed by atoms with Gasteiger partial charge < -0.3 is 15.1 Å². The summed E-state index contributed by atoms with van der Waals surface area (Å²) in [7, 11) is 7.18. The molecule has 0 spiro atoms. The highest BCUT2D eigenvalue weighted by Gasteiger charge is 2.55. The van der Waals surface area contributed by atoms with E-state index in [0.717, 1.165) is 28.3 Å². The number of pyridine rings is 1. The van der Waals surface area contributed by atoms with E-state index in [4.69, 9.17) is 0 Å². The fourth-order valence-electron chi connectivity index (χ4n) is 4.76. The van der Waals surface area contributed by atoms with Gasteiger partial charge in [0.15, 0.2) is 0 Å². The van der Waals surface area contributed by atoms with Crippen LogP contribution in [0.15, 0.2) is 61.1 Å². The van der Waals surface area contributed by atoms with E-state index in [1.807, 2.05) is 68.4 Å². The minimum Gasteiger partial charge on any atom is -0.363 e. The Labute approximate surface area is 223 Å². The van der Waals surface area contributed by atoms with E-state index < -0.39 is 18.0 Å². The molecule has 3 atom stereocenters. The number of nitrogens with one attached hydrogen (secondary N) is 1. The number of aryl methyl sites for hydroxylation is 1. The van der Waals surface area contributed by atoms with Crippen molar-refractivity contribution < 1.29 is 14.4 Å². The molecule has 3 aromatic rings. The second-order valence-corrected chi connectivity index (χ2v) is 9.85. The number of amides is 4. The summed E-state index contributed by atoms with van der Waals surface area (Å²) in [5.74, 6) is -0.631. The molecule has 1 aromatic carbocycles. The zero-order valence-electron chi connectivity index (χ0n) is 22.5. The molecule has 10 nitrogen and oxygen atoms in total. The van der Waals surface area contributed by atoms with Crippen LogP contribution in [0.1, 0.15) is 36.9 Å². The molecule has 0 aliphatic carbocycles. The minimum absolute atomic E-state index is 0.268. The maximum atomic E-state index is 13.7. The Morgan fingerprint density at radius 3 is 2.50 bits per heavy atom. The van der Waals surface area contributed by atoms with Crippen LogP contribution >= 0.6 is 0 Å². The number of β-lactam (4-membered cyclic amide) rings is 1. The molecule has 0 radical (unpaired) electrons. The number of imide groups is 1. The van der Waals surface area contributed by atoms with Gasteiger partial charge in [-0.1, -0.05) is 43.7 Å². The second-order valence-electron chi connectivity index (χ2n) is 9.85. The number of likely N-dealkylation sites (N-methyl/N-ethyl adjacent to an activating group) is 1. The standard InChI is InChI=1S/C28H35N7O3/c1-6-10-23(20-11-8-7-9-12-20)31-28(38)35-25(27(37)34(5)21-17-30-33(4)18-21)22(26(35)36)15-19-13-14-29-24(16-19)32(2)3/h7-9,11-14,16-18,22-23,25H,6,10,15H2,1-5H3,(H,31,38)/t22-,23-,25+/m1/s1.